The van der Waals surface area contributed by atoms with Crippen molar-refractivity contribution in [3.8, 4) is 0 Å². The van der Waals surface area contributed by atoms with Crippen LogP contribution >= 0.6 is 0 Å². The average molecular weight is 641 g/mol. The maximum atomic E-state index is 12.4. The van der Waals surface area contributed by atoms with Gasteiger partial charge in [-0.3, -0.25) is 9.59 Å². The lowest BCUT2D eigenvalue weighted by Gasteiger charge is -2.17. The van der Waals surface area contributed by atoms with Crippen LogP contribution in [0.1, 0.15) is 187 Å². The number of aliphatic carboxylic acids is 1. The molecule has 1 unspecified atom stereocenters. The van der Waals surface area contributed by atoms with Crippen LogP contribution in [0.25, 0.3) is 0 Å². The fraction of sp³-hybridized carbons (Fsp3) is 0.714. The summed E-state index contributed by atoms with van der Waals surface area (Å²) in [6.45, 7) is 4.34. The van der Waals surface area contributed by atoms with Gasteiger partial charge in [0, 0.05) is 12.8 Å². The first-order chi connectivity index (χ1) is 22.6. The highest BCUT2D eigenvalue weighted by atomic mass is 16.5. The Morgan fingerprint density at radius 2 is 0.913 bits per heavy atom. The summed E-state index contributed by atoms with van der Waals surface area (Å²) in [7, 11) is 0. The van der Waals surface area contributed by atoms with Crippen LogP contribution in [0.5, 0.6) is 0 Å². The molecule has 264 valence electrons. The quantitative estimate of drug-likeness (QED) is 0.0432. The van der Waals surface area contributed by atoms with Crippen molar-refractivity contribution in [3.63, 3.8) is 0 Å². The lowest BCUT2D eigenvalue weighted by atomic mass is 10.0. The van der Waals surface area contributed by atoms with Crippen molar-refractivity contribution in [3.05, 3.63) is 60.8 Å². The van der Waals surface area contributed by atoms with Crippen molar-refractivity contribution < 1.29 is 19.4 Å². The number of ether oxygens (including phenoxy) is 1. The van der Waals surface area contributed by atoms with Crippen LogP contribution < -0.4 is 0 Å². The molecule has 0 spiro atoms. The molecule has 0 aromatic carbocycles. The Hall–Kier alpha value is -2.36. The summed E-state index contributed by atoms with van der Waals surface area (Å²) in [5.74, 6) is -0.677. The lowest BCUT2D eigenvalue weighted by molar-refractivity contribution is -0.150. The molecule has 46 heavy (non-hydrogen) atoms. The fourth-order valence-electron chi connectivity index (χ4n) is 5.50. The molecule has 4 nitrogen and oxygen atoms in total. The molecule has 0 aliphatic heterocycles. The molecule has 0 bridgehead atoms. The van der Waals surface area contributed by atoms with Crippen LogP contribution in [0.2, 0.25) is 0 Å². The van der Waals surface area contributed by atoms with E-state index < -0.39 is 5.97 Å². The topological polar surface area (TPSA) is 63.6 Å². The second-order valence-corrected chi connectivity index (χ2v) is 12.7. The largest absolute Gasteiger partial charge is 0.481 e. The van der Waals surface area contributed by atoms with Crippen molar-refractivity contribution in [2.24, 2.45) is 0 Å². The highest BCUT2D eigenvalue weighted by Gasteiger charge is 2.13. The highest BCUT2D eigenvalue weighted by Crippen LogP contribution is 2.17. The molecule has 0 aromatic rings. The van der Waals surface area contributed by atoms with Gasteiger partial charge in [-0.2, -0.15) is 0 Å². The molecule has 0 aliphatic rings. The number of carbonyl (C=O) groups is 2. The molecule has 0 rings (SSSR count). The number of hydrogen-bond acceptors (Lipinski definition) is 3. The molecule has 4 heteroatoms. The van der Waals surface area contributed by atoms with E-state index in [4.69, 9.17) is 9.84 Å². The molecule has 0 fully saturated rings. The van der Waals surface area contributed by atoms with Crippen LogP contribution in [0.4, 0.5) is 0 Å². The molecule has 0 saturated heterocycles. The third kappa shape index (κ3) is 36.1. The summed E-state index contributed by atoms with van der Waals surface area (Å²) in [4.78, 5) is 22.9. The van der Waals surface area contributed by atoms with Gasteiger partial charge in [0.1, 0.15) is 6.10 Å². The fourth-order valence-corrected chi connectivity index (χ4v) is 5.50. The van der Waals surface area contributed by atoms with Crippen molar-refractivity contribution in [2.75, 3.05) is 0 Å². The minimum Gasteiger partial charge on any atom is -0.481 e. The first-order valence-corrected chi connectivity index (χ1v) is 19.3. The molecule has 0 aliphatic carbocycles. The Bertz CT molecular complexity index is 820. The standard InChI is InChI=1S/C42H72O4/c1-3-5-6-7-8-9-10-11-12-13-14-15-16-20-23-26-29-32-35-39-42(45)46-40(36-4-2)37-33-30-27-24-21-18-17-19-22-25-28-31-34-38-41(43)44/h5-6,8-9,11-12,14-15,20,23,40H,3-4,7,10,13,16-19,21-22,24-39H2,1-2H3,(H,43,44)/b6-5-,9-8-,12-11-,15-14-,23-20-. The number of hydrogen-bond donors (Lipinski definition) is 1. The van der Waals surface area contributed by atoms with Gasteiger partial charge in [-0.05, 0) is 77.0 Å². The van der Waals surface area contributed by atoms with Crippen LogP contribution in [0.15, 0.2) is 60.8 Å². The Kier molecular flexibility index (Phi) is 35.2. The highest BCUT2D eigenvalue weighted by molar-refractivity contribution is 5.69. The molecule has 0 amide bonds. The Morgan fingerprint density at radius 1 is 0.500 bits per heavy atom. The molecule has 0 heterocycles. The van der Waals surface area contributed by atoms with Crippen molar-refractivity contribution in [2.45, 2.75) is 193 Å². The smallest absolute Gasteiger partial charge is 0.306 e. The number of unbranched alkanes of at least 4 members (excludes halogenated alkanes) is 15. The second kappa shape index (κ2) is 37.1. The van der Waals surface area contributed by atoms with Crippen LogP contribution in [0, 0.1) is 0 Å². The van der Waals surface area contributed by atoms with E-state index in [9.17, 15) is 9.59 Å². The Balaban J connectivity index is 3.65. The number of esters is 1. The van der Waals surface area contributed by atoms with E-state index in [1.165, 1.54) is 64.2 Å². The van der Waals surface area contributed by atoms with Gasteiger partial charge in [0.25, 0.3) is 0 Å². The lowest BCUT2D eigenvalue weighted by Crippen LogP contribution is -2.18. The minimum atomic E-state index is -0.672. The summed E-state index contributed by atoms with van der Waals surface area (Å²) in [6.07, 6.45) is 51.6. The number of carboxylic acid groups (broad SMARTS) is 1. The van der Waals surface area contributed by atoms with Crippen molar-refractivity contribution in [1.82, 2.24) is 0 Å². The van der Waals surface area contributed by atoms with Crippen molar-refractivity contribution >= 4 is 11.9 Å². The van der Waals surface area contributed by atoms with E-state index in [0.717, 1.165) is 96.3 Å². The number of allylic oxidation sites excluding steroid dienone is 10. The first-order valence-electron chi connectivity index (χ1n) is 19.3. The normalized spacial score (nSPS) is 12.9. The summed E-state index contributed by atoms with van der Waals surface area (Å²) in [6, 6.07) is 0. The zero-order chi connectivity index (χ0) is 33.6. The summed E-state index contributed by atoms with van der Waals surface area (Å²) in [5.41, 5.74) is 0. The van der Waals surface area contributed by atoms with Gasteiger partial charge >= 0.3 is 11.9 Å². The number of carboxylic acids is 1. The molecule has 1 atom stereocenters. The number of rotatable bonds is 34. The van der Waals surface area contributed by atoms with E-state index >= 15 is 0 Å². The molecular formula is C42H72O4. The van der Waals surface area contributed by atoms with Gasteiger partial charge in [-0.25, -0.2) is 0 Å². The van der Waals surface area contributed by atoms with E-state index in [2.05, 4.69) is 74.6 Å². The van der Waals surface area contributed by atoms with Gasteiger partial charge in [0.2, 0.25) is 0 Å². The van der Waals surface area contributed by atoms with E-state index in [0.29, 0.717) is 12.8 Å². The summed E-state index contributed by atoms with van der Waals surface area (Å²) >= 11 is 0. The maximum absolute atomic E-state index is 12.4. The Labute approximate surface area is 284 Å². The summed E-state index contributed by atoms with van der Waals surface area (Å²) < 4.78 is 5.85. The molecular weight excluding hydrogens is 568 g/mol. The third-order valence-electron chi connectivity index (χ3n) is 8.23. The Morgan fingerprint density at radius 3 is 1.39 bits per heavy atom. The summed E-state index contributed by atoms with van der Waals surface area (Å²) in [5, 5.41) is 8.66. The van der Waals surface area contributed by atoms with Crippen LogP contribution in [-0.4, -0.2) is 23.1 Å². The SMILES string of the molecule is CC/C=C\C/C=C\C/C=C\C/C=C\C/C=C\CCCCCC(=O)OC(CCC)CCCCCCCCCCCCCCCC(=O)O. The van der Waals surface area contributed by atoms with Crippen LogP contribution in [0.3, 0.4) is 0 Å². The van der Waals surface area contributed by atoms with Crippen molar-refractivity contribution in [1.29, 1.82) is 0 Å². The zero-order valence-corrected chi connectivity index (χ0v) is 30.1. The predicted molar refractivity (Wildman–Crippen MR) is 199 cm³/mol. The number of carbonyl (C=O) groups excluding carboxylic acids is 1. The second-order valence-electron chi connectivity index (χ2n) is 12.7. The minimum absolute atomic E-state index is 0.00594. The van der Waals surface area contributed by atoms with Gasteiger partial charge in [-0.15, -0.1) is 0 Å². The van der Waals surface area contributed by atoms with E-state index in [1.54, 1.807) is 0 Å². The average Bonchev–Trinajstić information content (AvgIpc) is 3.03. The van der Waals surface area contributed by atoms with Gasteiger partial charge in [-0.1, -0.05) is 158 Å². The zero-order valence-electron chi connectivity index (χ0n) is 30.1. The maximum Gasteiger partial charge on any atom is 0.306 e. The van der Waals surface area contributed by atoms with Crippen LogP contribution in [-0.2, 0) is 14.3 Å². The monoisotopic (exact) mass is 641 g/mol. The molecule has 0 saturated carbocycles. The van der Waals surface area contributed by atoms with Gasteiger partial charge in [0.15, 0.2) is 0 Å². The van der Waals surface area contributed by atoms with E-state index in [1.807, 2.05) is 0 Å². The molecule has 0 radical (unpaired) electrons. The third-order valence-corrected chi connectivity index (χ3v) is 8.23. The van der Waals surface area contributed by atoms with Gasteiger partial charge in [0.05, 0.1) is 0 Å². The first kappa shape index (κ1) is 43.6. The van der Waals surface area contributed by atoms with E-state index in [-0.39, 0.29) is 12.1 Å². The predicted octanol–water partition coefficient (Wildman–Crippen LogP) is 13.3. The van der Waals surface area contributed by atoms with Gasteiger partial charge < -0.3 is 9.84 Å². The molecule has 0 aromatic heterocycles. The molecule has 1 N–H and O–H groups in total.